The van der Waals surface area contributed by atoms with Crippen LogP contribution in [0.1, 0.15) is 42.6 Å². The number of benzene rings is 1. The lowest BCUT2D eigenvalue weighted by molar-refractivity contribution is 0.359. The summed E-state index contributed by atoms with van der Waals surface area (Å²) in [5, 5.41) is 0. The van der Waals surface area contributed by atoms with Gasteiger partial charge in [-0.05, 0) is 22.6 Å². The highest BCUT2D eigenvalue weighted by molar-refractivity contribution is 5.46. The first-order valence-corrected chi connectivity index (χ1v) is 5.04. The van der Waals surface area contributed by atoms with E-state index in [-0.39, 0.29) is 0 Å². The molecule has 1 fully saturated rings. The van der Waals surface area contributed by atoms with E-state index < -0.39 is 0 Å². The number of epoxide rings is 1. The van der Waals surface area contributed by atoms with E-state index in [1.165, 1.54) is 16.7 Å². The fraction of sp³-hybridized carbons (Fsp3) is 0.500. The first-order chi connectivity index (χ1) is 6.27. The topological polar surface area (TPSA) is 12.5 Å². The van der Waals surface area contributed by atoms with Crippen molar-refractivity contribution < 1.29 is 4.74 Å². The van der Waals surface area contributed by atoms with Crippen LogP contribution in [0.25, 0.3) is 0 Å². The van der Waals surface area contributed by atoms with E-state index in [1.807, 2.05) is 0 Å². The molecule has 3 rings (SSSR count). The van der Waals surface area contributed by atoms with Crippen molar-refractivity contribution in [3.63, 3.8) is 0 Å². The quantitative estimate of drug-likeness (QED) is 0.596. The lowest BCUT2D eigenvalue weighted by atomic mass is 9.94. The molecule has 1 aromatic carbocycles. The molecular weight excluding hydrogens is 160 g/mol. The summed E-state index contributed by atoms with van der Waals surface area (Å²) >= 11 is 0. The minimum atomic E-state index is 0.452. The van der Waals surface area contributed by atoms with Crippen LogP contribution in [0, 0.1) is 0 Å². The van der Waals surface area contributed by atoms with Gasteiger partial charge in [-0.15, -0.1) is 0 Å². The molecule has 0 unspecified atom stereocenters. The molecule has 0 radical (unpaired) electrons. The summed E-state index contributed by atoms with van der Waals surface area (Å²) in [7, 11) is 0. The molecule has 68 valence electrons. The lowest BCUT2D eigenvalue weighted by Crippen LogP contribution is -1.96. The molecule has 1 heterocycles. The number of fused-ring (bicyclic) bond motifs is 3. The molecule has 1 nitrogen and oxygen atoms in total. The second-order valence-corrected chi connectivity index (χ2v) is 4.37. The summed E-state index contributed by atoms with van der Waals surface area (Å²) in [6.07, 6.45) is 2.11. The van der Waals surface area contributed by atoms with E-state index in [1.54, 1.807) is 0 Å². The summed E-state index contributed by atoms with van der Waals surface area (Å²) in [6.45, 7) is 4.51. The maximum Gasteiger partial charge on any atom is 0.110 e. The zero-order valence-corrected chi connectivity index (χ0v) is 8.08. The van der Waals surface area contributed by atoms with Crippen LogP contribution in [-0.4, -0.2) is 6.10 Å². The van der Waals surface area contributed by atoms with Crippen LogP contribution in [0.3, 0.4) is 0 Å². The van der Waals surface area contributed by atoms with Gasteiger partial charge in [0, 0.05) is 6.42 Å². The van der Waals surface area contributed by atoms with Crippen LogP contribution in [-0.2, 0) is 11.2 Å². The van der Waals surface area contributed by atoms with E-state index in [2.05, 4.69) is 32.0 Å². The van der Waals surface area contributed by atoms with Crippen molar-refractivity contribution >= 4 is 0 Å². The van der Waals surface area contributed by atoms with Crippen molar-refractivity contribution in [2.75, 3.05) is 0 Å². The third-order valence-electron chi connectivity index (χ3n) is 3.14. The minimum absolute atomic E-state index is 0.452. The summed E-state index contributed by atoms with van der Waals surface area (Å²) in [6, 6.07) is 6.67. The predicted octanol–water partition coefficient (Wildman–Crippen LogP) is 2.81. The largest absolute Gasteiger partial charge is 0.364 e. The molecule has 0 saturated carbocycles. The maximum atomic E-state index is 5.57. The zero-order valence-electron chi connectivity index (χ0n) is 8.08. The molecule has 0 bridgehead atoms. The monoisotopic (exact) mass is 174 g/mol. The molecule has 0 aromatic heterocycles. The Bertz CT molecular complexity index is 354. The number of hydrogen-bond donors (Lipinski definition) is 0. The Morgan fingerprint density at radius 1 is 1.38 bits per heavy atom. The van der Waals surface area contributed by atoms with Crippen LogP contribution in [0.4, 0.5) is 0 Å². The number of rotatable bonds is 1. The van der Waals surface area contributed by atoms with Gasteiger partial charge in [0.05, 0.1) is 6.10 Å². The van der Waals surface area contributed by atoms with Crippen molar-refractivity contribution in [3.05, 3.63) is 34.9 Å². The van der Waals surface area contributed by atoms with Crippen LogP contribution in [0.15, 0.2) is 18.2 Å². The second kappa shape index (κ2) is 2.36. The van der Waals surface area contributed by atoms with E-state index >= 15 is 0 Å². The Hall–Kier alpha value is -0.820. The average Bonchev–Trinajstić information content (AvgIpc) is 2.77. The third kappa shape index (κ3) is 0.969. The van der Waals surface area contributed by atoms with Gasteiger partial charge in [0.25, 0.3) is 0 Å². The third-order valence-corrected chi connectivity index (χ3v) is 3.14. The molecule has 1 aromatic rings. The van der Waals surface area contributed by atoms with Gasteiger partial charge in [-0.1, -0.05) is 32.0 Å². The Kier molecular flexibility index (Phi) is 1.37. The van der Waals surface area contributed by atoms with Crippen molar-refractivity contribution in [2.24, 2.45) is 0 Å². The Labute approximate surface area is 78.7 Å². The summed E-state index contributed by atoms with van der Waals surface area (Å²) in [5.41, 5.74) is 4.51. The van der Waals surface area contributed by atoms with E-state index in [4.69, 9.17) is 4.74 Å². The smallest absolute Gasteiger partial charge is 0.110 e. The zero-order chi connectivity index (χ0) is 9.00. The molecule has 1 heteroatoms. The minimum Gasteiger partial charge on any atom is -0.364 e. The van der Waals surface area contributed by atoms with Crippen LogP contribution in [0.2, 0.25) is 0 Å². The molecule has 0 spiro atoms. The molecule has 1 saturated heterocycles. The second-order valence-electron chi connectivity index (χ2n) is 4.37. The molecule has 1 aliphatic carbocycles. The Morgan fingerprint density at radius 3 is 3.00 bits per heavy atom. The van der Waals surface area contributed by atoms with Crippen molar-refractivity contribution in [2.45, 2.75) is 38.4 Å². The molecular formula is C12H14O. The highest BCUT2D eigenvalue weighted by Crippen LogP contribution is 2.51. The molecule has 2 aliphatic rings. The fourth-order valence-electron chi connectivity index (χ4n) is 2.43. The van der Waals surface area contributed by atoms with Gasteiger partial charge in [0.15, 0.2) is 0 Å². The van der Waals surface area contributed by atoms with Gasteiger partial charge in [0.1, 0.15) is 6.10 Å². The number of ether oxygens (including phenoxy) is 1. The highest BCUT2D eigenvalue weighted by atomic mass is 16.6. The highest BCUT2D eigenvalue weighted by Gasteiger charge is 2.48. The van der Waals surface area contributed by atoms with Crippen LogP contribution in [0.5, 0.6) is 0 Å². The first kappa shape index (κ1) is 7.57. The van der Waals surface area contributed by atoms with Gasteiger partial charge >= 0.3 is 0 Å². The van der Waals surface area contributed by atoms with E-state index in [0.29, 0.717) is 18.1 Å². The normalized spacial score (nSPS) is 28.8. The van der Waals surface area contributed by atoms with Crippen LogP contribution < -0.4 is 0 Å². The summed E-state index contributed by atoms with van der Waals surface area (Å²) < 4.78 is 5.57. The Morgan fingerprint density at radius 2 is 2.23 bits per heavy atom. The summed E-state index contributed by atoms with van der Waals surface area (Å²) in [4.78, 5) is 0. The van der Waals surface area contributed by atoms with Crippen molar-refractivity contribution in [1.82, 2.24) is 0 Å². The standard InChI is InChI=1S/C12H14O/c1-7(2)9-5-3-4-8-6-10-12(13-10)11(8)9/h3-5,7,10,12H,6H2,1-2H3/t10-,12+/m0/s1. The molecule has 13 heavy (non-hydrogen) atoms. The van der Waals surface area contributed by atoms with Gasteiger partial charge < -0.3 is 4.74 Å². The van der Waals surface area contributed by atoms with Gasteiger partial charge in [0.2, 0.25) is 0 Å². The first-order valence-electron chi connectivity index (χ1n) is 5.04. The van der Waals surface area contributed by atoms with E-state index in [9.17, 15) is 0 Å². The van der Waals surface area contributed by atoms with Gasteiger partial charge in [-0.25, -0.2) is 0 Å². The SMILES string of the molecule is CC(C)c1cccc2c1[C@@H]1O[C@H]1C2. The maximum absolute atomic E-state index is 5.57. The van der Waals surface area contributed by atoms with Gasteiger partial charge in [-0.2, -0.15) is 0 Å². The molecule has 0 N–H and O–H groups in total. The molecule has 2 atom stereocenters. The van der Waals surface area contributed by atoms with Crippen molar-refractivity contribution in [1.29, 1.82) is 0 Å². The van der Waals surface area contributed by atoms with Crippen LogP contribution >= 0.6 is 0 Å². The molecule has 0 amide bonds. The average molecular weight is 174 g/mol. The number of hydrogen-bond acceptors (Lipinski definition) is 1. The summed E-state index contributed by atoms with van der Waals surface area (Å²) in [5.74, 6) is 0.623. The molecule has 1 aliphatic heterocycles. The lowest BCUT2D eigenvalue weighted by Gasteiger charge is -2.12. The van der Waals surface area contributed by atoms with E-state index in [0.717, 1.165) is 6.42 Å². The van der Waals surface area contributed by atoms with Gasteiger partial charge in [-0.3, -0.25) is 0 Å². The Balaban J connectivity index is 2.16. The predicted molar refractivity (Wildman–Crippen MR) is 51.8 cm³/mol. The van der Waals surface area contributed by atoms with Crippen molar-refractivity contribution in [3.8, 4) is 0 Å². The fourth-order valence-corrected chi connectivity index (χ4v) is 2.43.